The lowest BCUT2D eigenvalue weighted by Crippen LogP contribution is -2.40. The van der Waals surface area contributed by atoms with E-state index in [4.69, 9.17) is 5.26 Å². The van der Waals surface area contributed by atoms with Gasteiger partial charge in [0.05, 0.1) is 5.56 Å². The van der Waals surface area contributed by atoms with E-state index in [1.807, 2.05) is 36.3 Å². The van der Waals surface area contributed by atoms with Crippen LogP contribution in [0.15, 0.2) is 54.9 Å². The van der Waals surface area contributed by atoms with Crippen molar-refractivity contribution in [3.05, 3.63) is 66.0 Å². The van der Waals surface area contributed by atoms with Gasteiger partial charge in [-0.2, -0.15) is 0 Å². The number of amides is 1. The van der Waals surface area contributed by atoms with Gasteiger partial charge in [-0.05, 0) is 5.56 Å². The highest BCUT2D eigenvalue weighted by molar-refractivity contribution is 6.35. The normalized spacial score (nSPS) is 9.55. The molecule has 1 heterocycles. The number of benzene rings is 1. The zero-order valence-electron chi connectivity index (χ0n) is 10.8. The molecule has 0 aliphatic heterocycles. The number of hydrogen-bond acceptors (Lipinski definition) is 3. The number of nitriles is 1. The predicted octanol–water partition coefficient (Wildman–Crippen LogP) is 0.357. The fourth-order valence-corrected chi connectivity index (χ4v) is 1.64. The molecule has 1 aromatic carbocycles. The van der Waals surface area contributed by atoms with Crippen molar-refractivity contribution >= 4 is 13.3 Å². The topological polar surface area (TPSA) is 68.8 Å². The Kier molecular flexibility index (Phi) is 4.87. The number of rotatable bonds is 5. The van der Waals surface area contributed by atoms with E-state index in [0.29, 0.717) is 12.1 Å². The molecule has 1 aromatic heterocycles. The second-order valence-corrected chi connectivity index (χ2v) is 4.09. The van der Waals surface area contributed by atoms with Crippen LogP contribution in [0.5, 0.6) is 0 Å². The van der Waals surface area contributed by atoms with Gasteiger partial charge in [0, 0.05) is 18.7 Å². The summed E-state index contributed by atoms with van der Waals surface area (Å²) in [5, 5.41) is 8.51. The van der Waals surface area contributed by atoms with Crippen molar-refractivity contribution in [1.29, 1.82) is 5.26 Å². The Morgan fingerprint density at radius 1 is 1.20 bits per heavy atom. The van der Waals surface area contributed by atoms with Crippen molar-refractivity contribution in [1.82, 2.24) is 10.9 Å². The lowest BCUT2D eigenvalue weighted by Gasteiger charge is -2.06. The molecule has 5 nitrogen and oxygen atoms in total. The monoisotopic (exact) mass is 264 g/mol. The summed E-state index contributed by atoms with van der Waals surface area (Å²) in [7, 11) is 1.34. The average Bonchev–Trinajstić information content (AvgIpc) is 2.49. The van der Waals surface area contributed by atoms with Crippen LogP contribution in [-0.4, -0.2) is 13.3 Å². The van der Waals surface area contributed by atoms with Gasteiger partial charge < -0.3 is 0 Å². The maximum absolute atomic E-state index is 11.8. The Morgan fingerprint density at radius 2 is 1.90 bits per heavy atom. The van der Waals surface area contributed by atoms with Crippen LogP contribution in [-0.2, 0) is 6.54 Å². The highest BCUT2D eigenvalue weighted by Gasteiger charge is 2.09. The second kappa shape index (κ2) is 7.07. The number of nitrogens with one attached hydrogen (secondary N) is 2. The zero-order chi connectivity index (χ0) is 14.2. The van der Waals surface area contributed by atoms with Crippen LogP contribution < -0.4 is 15.3 Å². The molecular weight excluding hydrogens is 251 g/mol. The lowest BCUT2D eigenvalue weighted by atomic mass is 9.98. The first-order chi connectivity index (χ1) is 9.79. The van der Waals surface area contributed by atoms with Crippen molar-refractivity contribution in [2.75, 3.05) is 0 Å². The van der Waals surface area contributed by atoms with Gasteiger partial charge in [-0.1, -0.05) is 30.3 Å². The third kappa shape index (κ3) is 3.94. The minimum absolute atomic E-state index is 0.218. The molecule has 20 heavy (non-hydrogen) atoms. The predicted molar refractivity (Wildman–Crippen MR) is 74.1 cm³/mol. The SMILES string of the molecule is N#C[B][n+]1ccc(C(=O)NNCc2ccccc2)cc1. The van der Waals surface area contributed by atoms with E-state index >= 15 is 0 Å². The highest BCUT2D eigenvalue weighted by atomic mass is 16.2. The molecule has 0 unspecified atom stereocenters. The molecule has 0 bridgehead atoms. The summed E-state index contributed by atoms with van der Waals surface area (Å²) >= 11 is 0. The summed E-state index contributed by atoms with van der Waals surface area (Å²) in [6, 6.07) is 13.1. The molecule has 2 N–H and O–H groups in total. The number of hydrogen-bond donors (Lipinski definition) is 2. The van der Waals surface area contributed by atoms with E-state index in [9.17, 15) is 4.79 Å². The Bertz CT molecular complexity index is 607. The summed E-state index contributed by atoms with van der Waals surface area (Å²) in [6.45, 7) is 0.557. The smallest absolute Gasteiger partial charge is 0.287 e. The number of nitrogens with zero attached hydrogens (tertiary/aromatic N) is 2. The van der Waals surface area contributed by atoms with Crippen LogP contribution in [0, 0.1) is 11.2 Å². The zero-order valence-corrected chi connectivity index (χ0v) is 10.8. The molecule has 1 amide bonds. The summed E-state index contributed by atoms with van der Waals surface area (Å²) in [4.78, 5) is 11.8. The van der Waals surface area contributed by atoms with Gasteiger partial charge in [-0.3, -0.25) is 14.7 Å². The maximum atomic E-state index is 11.8. The first-order valence-corrected chi connectivity index (χ1v) is 6.10. The van der Waals surface area contributed by atoms with Gasteiger partial charge in [0.15, 0.2) is 0 Å². The fraction of sp³-hybridized carbons (Fsp3) is 0.0714. The van der Waals surface area contributed by atoms with Crippen molar-refractivity contribution in [2.24, 2.45) is 0 Å². The minimum atomic E-state index is -0.218. The van der Waals surface area contributed by atoms with Gasteiger partial charge in [0.1, 0.15) is 18.4 Å². The molecule has 0 fully saturated rings. The third-order valence-corrected chi connectivity index (χ3v) is 2.66. The summed E-state index contributed by atoms with van der Waals surface area (Å²) in [5.41, 5.74) is 7.11. The molecule has 97 valence electrons. The van der Waals surface area contributed by atoms with Gasteiger partial charge >= 0.3 is 7.41 Å². The molecule has 2 rings (SSSR count). The second-order valence-electron chi connectivity index (χ2n) is 4.09. The number of carbonyl (C=O) groups excluding carboxylic acids is 1. The largest absolute Gasteiger partial charge is 0.671 e. The first-order valence-electron chi connectivity index (χ1n) is 6.10. The molecule has 0 atom stereocenters. The molecule has 0 saturated carbocycles. The summed E-state index contributed by atoms with van der Waals surface area (Å²) < 4.78 is 1.58. The number of hydrazine groups is 1. The van der Waals surface area contributed by atoms with Crippen LogP contribution in [0.1, 0.15) is 15.9 Å². The van der Waals surface area contributed by atoms with E-state index < -0.39 is 0 Å². The third-order valence-electron chi connectivity index (χ3n) is 2.66. The molecule has 6 heteroatoms. The summed E-state index contributed by atoms with van der Waals surface area (Å²) in [5.74, 6) is 1.69. The quantitative estimate of drug-likeness (QED) is 0.605. The van der Waals surface area contributed by atoms with Crippen molar-refractivity contribution in [2.45, 2.75) is 6.54 Å². The van der Waals surface area contributed by atoms with Crippen molar-refractivity contribution < 1.29 is 9.27 Å². The Balaban J connectivity index is 1.84. The standard InChI is InChI=1S/C14H13BN4O/c16-11-15-19-8-6-13(7-9-19)14(20)18-17-10-12-4-2-1-3-5-12/h1-9,17H,10H2,(H,18,20)/q+1. The number of pyridine rings is 1. The average molecular weight is 264 g/mol. The minimum Gasteiger partial charge on any atom is -0.287 e. The van der Waals surface area contributed by atoms with Crippen LogP contribution in [0.3, 0.4) is 0 Å². The van der Waals surface area contributed by atoms with Crippen LogP contribution in [0.25, 0.3) is 0 Å². The highest BCUT2D eigenvalue weighted by Crippen LogP contribution is 1.97. The molecule has 0 aliphatic carbocycles. The molecule has 1 radical (unpaired) electrons. The Labute approximate surface area is 118 Å². The Hall–Kier alpha value is -2.65. The number of carbonyl (C=O) groups is 1. The van der Waals surface area contributed by atoms with E-state index in [1.54, 1.807) is 29.0 Å². The van der Waals surface area contributed by atoms with Crippen LogP contribution >= 0.6 is 0 Å². The Morgan fingerprint density at radius 3 is 2.55 bits per heavy atom. The van der Waals surface area contributed by atoms with Crippen LogP contribution in [0.4, 0.5) is 0 Å². The molecule has 0 spiro atoms. The van der Waals surface area contributed by atoms with Gasteiger partial charge in [-0.25, -0.2) is 10.7 Å². The van der Waals surface area contributed by atoms with E-state index in [-0.39, 0.29) is 5.91 Å². The van der Waals surface area contributed by atoms with Crippen LogP contribution in [0.2, 0.25) is 0 Å². The summed E-state index contributed by atoms with van der Waals surface area (Å²) in [6.07, 6.45) is 3.30. The van der Waals surface area contributed by atoms with E-state index in [2.05, 4.69) is 10.9 Å². The molecule has 2 aromatic rings. The fourth-order valence-electron chi connectivity index (χ4n) is 1.64. The van der Waals surface area contributed by atoms with Gasteiger partial charge in [0.25, 0.3) is 5.91 Å². The molecule has 0 saturated heterocycles. The molecule has 0 aliphatic rings. The van der Waals surface area contributed by atoms with Gasteiger partial charge in [-0.15, -0.1) is 0 Å². The van der Waals surface area contributed by atoms with Crippen molar-refractivity contribution in [3.8, 4) is 5.97 Å². The van der Waals surface area contributed by atoms with Gasteiger partial charge in [0.2, 0.25) is 0 Å². The van der Waals surface area contributed by atoms with Crippen molar-refractivity contribution in [3.63, 3.8) is 0 Å². The van der Waals surface area contributed by atoms with E-state index in [0.717, 1.165) is 5.56 Å². The molecular formula is C14H13BN4O+. The lowest BCUT2D eigenvalue weighted by molar-refractivity contribution is -0.527. The maximum Gasteiger partial charge on any atom is 0.671 e. The first kappa shape index (κ1) is 13.8. The van der Waals surface area contributed by atoms with E-state index in [1.165, 1.54) is 7.41 Å². The number of aromatic nitrogens is 1.